The number of nitrogens with zero attached hydrogens (tertiary/aromatic N) is 3. The summed E-state index contributed by atoms with van der Waals surface area (Å²) in [5.41, 5.74) is 0.454. The first-order valence-electron chi connectivity index (χ1n) is 22.9. The Morgan fingerprint density at radius 1 is 0.926 bits per heavy atom. The zero-order valence-corrected chi connectivity index (χ0v) is 40.6. The molecule has 0 spiro atoms. The number of fused-ring (bicyclic) bond motifs is 14. The number of carbonyl (C=O) groups excluding carboxylic acids is 3. The van der Waals surface area contributed by atoms with Crippen molar-refractivity contribution in [2.75, 3.05) is 25.5 Å². The van der Waals surface area contributed by atoms with Crippen molar-refractivity contribution in [2.24, 2.45) is 28.8 Å². The van der Waals surface area contributed by atoms with Gasteiger partial charge in [-0.3, -0.25) is 24.3 Å². The number of hydrazone groups is 1. The number of anilines is 1. The van der Waals surface area contributed by atoms with Gasteiger partial charge in [0.25, 0.3) is 11.7 Å². The second-order valence-corrected chi connectivity index (χ2v) is 18.8. The second kappa shape index (κ2) is 20.6. The van der Waals surface area contributed by atoms with Crippen LogP contribution in [0, 0.1) is 30.6 Å². The van der Waals surface area contributed by atoms with Gasteiger partial charge in [0.15, 0.2) is 5.75 Å². The van der Waals surface area contributed by atoms with Gasteiger partial charge >= 0.3 is 11.8 Å². The number of aliphatic hydroxyl groups excluding tert-OH is 2. The molecule has 3 aromatic rings. The lowest BCUT2D eigenvalue weighted by Crippen LogP contribution is -2.54. The molecule has 0 aromatic heterocycles. The molecule has 1 fully saturated rings. The molecule has 5 bridgehead atoms. The van der Waals surface area contributed by atoms with Gasteiger partial charge in [0.1, 0.15) is 29.1 Å². The minimum Gasteiger partial charge on any atom is -0.508 e. The van der Waals surface area contributed by atoms with E-state index in [0.29, 0.717) is 19.6 Å². The van der Waals surface area contributed by atoms with Crippen LogP contribution in [0.15, 0.2) is 65.5 Å². The highest BCUT2D eigenvalue weighted by atomic mass is 16.7. The van der Waals surface area contributed by atoms with Crippen LogP contribution in [-0.4, -0.2) is 127 Å². The fourth-order valence-electron chi connectivity index (χ4n) is 9.69. The van der Waals surface area contributed by atoms with Crippen LogP contribution in [0.5, 0.6) is 28.7 Å². The van der Waals surface area contributed by atoms with Gasteiger partial charge in [-0.2, -0.15) is 5.10 Å². The van der Waals surface area contributed by atoms with Crippen LogP contribution in [-0.2, 0) is 30.3 Å². The van der Waals surface area contributed by atoms with Crippen LogP contribution in [0.2, 0.25) is 0 Å². The van der Waals surface area contributed by atoms with E-state index in [1.165, 1.54) is 59.4 Å². The lowest BCUT2D eigenvalue weighted by atomic mass is 9.78. The van der Waals surface area contributed by atoms with Gasteiger partial charge in [-0.05, 0) is 51.5 Å². The summed E-state index contributed by atoms with van der Waals surface area (Å²) in [4.78, 5) is 43.3. The number of Topliss-reactive ketones (excluding diaryl/α,β-unsaturated/α-hetero) is 1. The van der Waals surface area contributed by atoms with Crippen LogP contribution < -0.4 is 10.1 Å². The summed E-state index contributed by atoms with van der Waals surface area (Å²) in [5.74, 6) is -8.45. The van der Waals surface area contributed by atoms with Crippen molar-refractivity contribution in [3.8, 4) is 28.7 Å². The molecule has 4 heterocycles. The summed E-state index contributed by atoms with van der Waals surface area (Å²) in [5, 5.41) is 78.1. The summed E-state index contributed by atoms with van der Waals surface area (Å²) in [7, 11) is 1.43. The Morgan fingerprint density at radius 2 is 1.60 bits per heavy atom. The Labute approximate surface area is 396 Å². The topological polar surface area (TPSA) is 240 Å². The number of aliphatic hydroxyl groups is 2. The van der Waals surface area contributed by atoms with Crippen molar-refractivity contribution in [1.29, 1.82) is 0 Å². The number of esters is 1. The fraction of sp³-hybridized carbons (Fsp3) is 0.490. The Kier molecular flexibility index (Phi) is 15.5. The van der Waals surface area contributed by atoms with Crippen molar-refractivity contribution in [3.05, 3.63) is 82.7 Å². The maximum absolute atomic E-state index is 14.6. The predicted molar refractivity (Wildman–Crippen MR) is 256 cm³/mol. The number of phenolic OH excluding ortho intramolecular Hbond substituents is 4. The summed E-state index contributed by atoms with van der Waals surface area (Å²) in [6.45, 7) is 18.2. The standard InChI is InChI=1S/C51H66N4O13/c1-25-14-12-15-26(2)50(64)53-41-36(21-52-55-27(3)22-54(23-28(55)4)24-34-16-13-17-35(57)20-34)45(61)38-39(46(41)62)44(60)32(8)48-40(38)49(63)51(10,68-48)66-19-18-37(65-11)29(5)47(67-33(9)56)31(7)43(59)30(6)42(25)58/h12-21,25,27-31,37,42-43,47,57-62H,22-24H2,1-11H3,(H,53,64)/b14-12+,19-18+,26-15-,52-21+/t25-,27?,28?,29-,30-,31-,37+,42+,43-,47-,51+/m1/s1. The van der Waals surface area contributed by atoms with E-state index in [1.807, 2.05) is 24.9 Å². The molecule has 1 amide bonds. The minimum atomic E-state index is -2.08. The Bertz CT molecular complexity index is 2530. The molecular weight excluding hydrogens is 877 g/mol. The average Bonchev–Trinajstić information content (AvgIpc) is 3.55. The van der Waals surface area contributed by atoms with E-state index in [1.54, 1.807) is 58.0 Å². The van der Waals surface area contributed by atoms with E-state index >= 15 is 0 Å². The lowest BCUT2D eigenvalue weighted by Gasteiger charge is -2.42. The highest BCUT2D eigenvalue weighted by Gasteiger charge is 2.50. The summed E-state index contributed by atoms with van der Waals surface area (Å²) < 4.78 is 23.8. The smallest absolute Gasteiger partial charge is 0.312 e. The van der Waals surface area contributed by atoms with Crippen molar-refractivity contribution in [1.82, 2.24) is 9.91 Å². The monoisotopic (exact) mass is 942 g/mol. The molecule has 68 heavy (non-hydrogen) atoms. The van der Waals surface area contributed by atoms with Gasteiger partial charge in [0.2, 0.25) is 0 Å². The van der Waals surface area contributed by atoms with E-state index in [4.69, 9.17) is 24.0 Å². The van der Waals surface area contributed by atoms with Gasteiger partial charge < -0.3 is 54.9 Å². The zero-order valence-electron chi connectivity index (χ0n) is 40.6. The molecule has 1 saturated heterocycles. The van der Waals surface area contributed by atoms with E-state index in [-0.39, 0.29) is 62.3 Å². The van der Waals surface area contributed by atoms with Gasteiger partial charge in [-0.1, -0.05) is 58.1 Å². The molecule has 0 radical (unpaired) electrons. The highest BCUT2D eigenvalue weighted by Crippen LogP contribution is 2.55. The number of amides is 1. The lowest BCUT2D eigenvalue weighted by molar-refractivity contribution is -0.160. The third-order valence-corrected chi connectivity index (χ3v) is 13.6. The Balaban J connectivity index is 1.48. The number of methoxy groups -OCH3 is 1. The van der Waals surface area contributed by atoms with Crippen LogP contribution in [0.3, 0.4) is 0 Å². The number of benzene rings is 3. The van der Waals surface area contributed by atoms with Gasteiger partial charge in [-0.15, -0.1) is 0 Å². The van der Waals surface area contributed by atoms with E-state index in [2.05, 4.69) is 10.2 Å². The average molecular weight is 943 g/mol. The number of hydrogen-bond acceptors (Lipinski definition) is 16. The molecule has 3 aromatic carbocycles. The number of ether oxygens (including phenoxy) is 4. The van der Waals surface area contributed by atoms with E-state index < -0.39 is 88.8 Å². The van der Waals surface area contributed by atoms with Crippen LogP contribution >= 0.6 is 0 Å². The van der Waals surface area contributed by atoms with Crippen molar-refractivity contribution in [3.63, 3.8) is 0 Å². The first kappa shape index (κ1) is 51.3. The number of allylic oxidation sites excluding steroid dienone is 2. The quantitative estimate of drug-likeness (QED) is 0.0614. The fourth-order valence-corrected chi connectivity index (χ4v) is 9.69. The number of piperazine rings is 1. The molecule has 4 aliphatic rings. The molecule has 368 valence electrons. The summed E-state index contributed by atoms with van der Waals surface area (Å²) in [6, 6.07) is 6.72. The van der Waals surface area contributed by atoms with Crippen molar-refractivity contribution in [2.45, 2.75) is 118 Å². The largest absolute Gasteiger partial charge is 0.508 e. The number of carbonyl (C=O) groups is 3. The number of nitrogens with one attached hydrogen (secondary N) is 1. The molecule has 7 N–H and O–H groups in total. The first-order valence-corrected chi connectivity index (χ1v) is 22.9. The molecular formula is C51H66N4O13. The second-order valence-electron chi connectivity index (χ2n) is 18.8. The van der Waals surface area contributed by atoms with Gasteiger partial charge in [0, 0.05) is 80.8 Å². The minimum absolute atomic E-state index is 0.0363. The first-order chi connectivity index (χ1) is 32.0. The SMILES string of the molecule is CO[C@H]1/C=C/O[C@@]2(C)Oc3c(C)c(O)c4c(O)c(c(/C=N/N5C(C)CN(Cc6cccc(O)c6)CC5C)c(O)c4c3C2=O)NC(=O)/C(C)=C\C=C\[C@@H](C)[C@H](O)[C@@H](C)[C@@H](O)[C@@H](C)[C@H](OC(C)=O)[C@@H]1C. The highest BCUT2D eigenvalue weighted by molar-refractivity contribution is 6.23. The maximum atomic E-state index is 14.6. The van der Waals surface area contributed by atoms with Gasteiger partial charge in [0.05, 0.1) is 65.1 Å². The predicted octanol–water partition coefficient (Wildman–Crippen LogP) is 6.39. The summed E-state index contributed by atoms with van der Waals surface area (Å²) >= 11 is 0. The number of aromatic hydroxyl groups is 4. The molecule has 17 heteroatoms. The van der Waals surface area contributed by atoms with Crippen molar-refractivity contribution < 1.29 is 64.0 Å². The molecule has 11 atom stereocenters. The number of rotatable bonds is 6. The molecule has 7 rings (SSSR count). The van der Waals surface area contributed by atoms with Crippen LogP contribution in [0.4, 0.5) is 5.69 Å². The molecule has 2 unspecified atom stereocenters. The van der Waals surface area contributed by atoms with Crippen LogP contribution in [0.25, 0.3) is 10.8 Å². The maximum Gasteiger partial charge on any atom is 0.312 e. The molecule has 0 saturated carbocycles. The van der Waals surface area contributed by atoms with E-state index in [9.17, 15) is 45.0 Å². The third-order valence-electron chi connectivity index (χ3n) is 13.6. The third kappa shape index (κ3) is 10.2. The number of ketones is 1. The summed E-state index contributed by atoms with van der Waals surface area (Å²) in [6.07, 6.45) is 4.77. The van der Waals surface area contributed by atoms with Crippen LogP contribution in [0.1, 0.15) is 89.4 Å². The molecule has 4 aliphatic heterocycles. The number of phenols is 4. The van der Waals surface area contributed by atoms with Gasteiger partial charge in [-0.25, -0.2) is 0 Å². The zero-order chi connectivity index (χ0) is 50.1. The van der Waals surface area contributed by atoms with Crippen molar-refractivity contribution >= 4 is 40.3 Å². The number of hydrogen-bond donors (Lipinski definition) is 7. The Hall–Kier alpha value is -6.14. The van der Waals surface area contributed by atoms with E-state index in [0.717, 1.165) is 5.56 Å². The molecule has 17 nitrogen and oxygen atoms in total. The Morgan fingerprint density at radius 3 is 2.24 bits per heavy atom. The normalized spacial score (nSPS) is 31.5. The molecule has 0 aliphatic carbocycles.